The van der Waals surface area contributed by atoms with Crippen LogP contribution in [0.4, 0.5) is 10.5 Å². The number of benzene rings is 2. The molecule has 5 nitrogen and oxygen atoms in total. The SMILES string of the molecule is O=C(O)CC1CN(Cc2c(Cl)cccc2Cl)C(=O)N(c2ccc(Br)cc2)C1. The predicted molar refractivity (Wildman–Crippen MR) is 109 cm³/mol. The van der Waals surface area contributed by atoms with Crippen LogP contribution in [0.3, 0.4) is 0 Å². The number of anilines is 1. The van der Waals surface area contributed by atoms with Gasteiger partial charge in [-0.05, 0) is 36.4 Å². The molecule has 0 bridgehead atoms. The van der Waals surface area contributed by atoms with Gasteiger partial charge in [-0.3, -0.25) is 9.69 Å². The summed E-state index contributed by atoms with van der Waals surface area (Å²) >= 11 is 15.9. The molecule has 1 heterocycles. The zero-order valence-electron chi connectivity index (χ0n) is 14.2. The van der Waals surface area contributed by atoms with Crippen molar-refractivity contribution in [2.45, 2.75) is 13.0 Å². The van der Waals surface area contributed by atoms with Crippen molar-refractivity contribution in [3.05, 3.63) is 62.5 Å². The number of aliphatic carboxylic acids is 1. The highest BCUT2D eigenvalue weighted by Gasteiger charge is 2.34. The van der Waals surface area contributed by atoms with Crippen molar-refractivity contribution in [3.8, 4) is 0 Å². The summed E-state index contributed by atoms with van der Waals surface area (Å²) in [6.07, 6.45) is -0.0208. The van der Waals surface area contributed by atoms with Crippen LogP contribution in [-0.2, 0) is 11.3 Å². The Morgan fingerprint density at radius 2 is 1.74 bits per heavy atom. The Bertz CT molecular complexity index is 840. The number of carboxylic acid groups (broad SMARTS) is 1. The molecule has 27 heavy (non-hydrogen) atoms. The summed E-state index contributed by atoms with van der Waals surface area (Å²) in [4.78, 5) is 27.5. The lowest BCUT2D eigenvalue weighted by Crippen LogP contribution is -2.53. The number of nitrogens with zero attached hydrogens (tertiary/aromatic N) is 2. The van der Waals surface area contributed by atoms with Crippen LogP contribution >= 0.6 is 39.1 Å². The fraction of sp³-hybridized carbons (Fsp3) is 0.263. The molecule has 1 unspecified atom stereocenters. The zero-order chi connectivity index (χ0) is 19.6. The van der Waals surface area contributed by atoms with Crippen molar-refractivity contribution in [2.75, 3.05) is 18.0 Å². The van der Waals surface area contributed by atoms with Crippen LogP contribution in [0.2, 0.25) is 10.0 Å². The van der Waals surface area contributed by atoms with E-state index in [-0.39, 0.29) is 24.9 Å². The first-order valence-electron chi connectivity index (χ1n) is 8.32. The van der Waals surface area contributed by atoms with Gasteiger partial charge in [-0.2, -0.15) is 0 Å². The minimum atomic E-state index is -0.888. The van der Waals surface area contributed by atoms with Gasteiger partial charge in [0.05, 0.1) is 13.0 Å². The predicted octanol–water partition coefficient (Wildman–Crippen LogP) is 5.29. The molecule has 0 saturated carbocycles. The van der Waals surface area contributed by atoms with Crippen molar-refractivity contribution >= 4 is 56.8 Å². The molecule has 0 aromatic heterocycles. The molecule has 142 valence electrons. The van der Waals surface area contributed by atoms with Gasteiger partial charge < -0.3 is 10.0 Å². The Kier molecular flexibility index (Phi) is 6.29. The summed E-state index contributed by atoms with van der Waals surface area (Å²) in [6.45, 7) is 0.903. The molecule has 3 rings (SSSR count). The zero-order valence-corrected chi connectivity index (χ0v) is 17.3. The molecule has 0 aliphatic carbocycles. The molecule has 1 saturated heterocycles. The van der Waals surface area contributed by atoms with E-state index >= 15 is 0 Å². The molecule has 1 aliphatic heterocycles. The van der Waals surface area contributed by atoms with Crippen LogP contribution in [0, 0.1) is 5.92 Å². The summed E-state index contributed by atoms with van der Waals surface area (Å²) in [5.74, 6) is -1.09. The van der Waals surface area contributed by atoms with E-state index in [0.717, 1.165) is 4.47 Å². The molecule has 2 amide bonds. The summed E-state index contributed by atoms with van der Waals surface area (Å²) in [5.41, 5.74) is 1.37. The number of hydrogen-bond acceptors (Lipinski definition) is 2. The Morgan fingerprint density at radius 1 is 1.11 bits per heavy atom. The Balaban J connectivity index is 1.90. The number of hydrogen-bond donors (Lipinski definition) is 1. The number of carbonyl (C=O) groups excluding carboxylic acids is 1. The van der Waals surface area contributed by atoms with Crippen LogP contribution in [0.15, 0.2) is 46.9 Å². The van der Waals surface area contributed by atoms with Crippen LogP contribution < -0.4 is 4.90 Å². The standard InChI is InChI=1S/C19H17BrCl2N2O3/c20-13-4-6-14(7-5-13)24-10-12(8-18(25)26)9-23(19(24)27)11-15-16(21)2-1-3-17(15)22/h1-7,12H,8-11H2,(H,25,26). The van der Waals surface area contributed by atoms with Gasteiger partial charge in [-0.15, -0.1) is 0 Å². The third-order valence-corrected chi connectivity index (χ3v) is 5.67. The van der Waals surface area contributed by atoms with Crippen molar-refractivity contribution in [3.63, 3.8) is 0 Å². The largest absolute Gasteiger partial charge is 0.481 e. The second-order valence-electron chi connectivity index (χ2n) is 6.41. The number of carbonyl (C=O) groups is 2. The summed E-state index contributed by atoms with van der Waals surface area (Å²) in [7, 11) is 0. The molecule has 1 atom stereocenters. The molecular weight excluding hydrogens is 455 g/mol. The van der Waals surface area contributed by atoms with Gasteiger partial charge in [-0.25, -0.2) is 4.79 Å². The topological polar surface area (TPSA) is 60.9 Å². The third-order valence-electron chi connectivity index (χ3n) is 4.43. The lowest BCUT2D eigenvalue weighted by Gasteiger charge is -2.40. The van der Waals surface area contributed by atoms with Gasteiger partial charge in [0.25, 0.3) is 0 Å². The van der Waals surface area contributed by atoms with Crippen LogP contribution in [0.25, 0.3) is 0 Å². The van der Waals surface area contributed by atoms with E-state index in [1.807, 2.05) is 24.3 Å². The maximum absolute atomic E-state index is 13.1. The fourth-order valence-corrected chi connectivity index (χ4v) is 3.96. The van der Waals surface area contributed by atoms with E-state index in [0.29, 0.717) is 34.4 Å². The average molecular weight is 472 g/mol. The lowest BCUT2D eigenvalue weighted by molar-refractivity contribution is -0.138. The van der Waals surface area contributed by atoms with Crippen molar-refractivity contribution in [1.29, 1.82) is 0 Å². The van der Waals surface area contributed by atoms with E-state index in [4.69, 9.17) is 23.2 Å². The minimum Gasteiger partial charge on any atom is -0.481 e. The Labute approximate surface area is 175 Å². The van der Waals surface area contributed by atoms with Gasteiger partial charge in [-0.1, -0.05) is 45.2 Å². The van der Waals surface area contributed by atoms with Gasteiger partial charge in [0, 0.05) is 44.8 Å². The highest BCUT2D eigenvalue weighted by atomic mass is 79.9. The van der Waals surface area contributed by atoms with Crippen LogP contribution in [0.1, 0.15) is 12.0 Å². The van der Waals surface area contributed by atoms with Gasteiger partial charge in [0.15, 0.2) is 0 Å². The molecule has 2 aromatic rings. The number of carboxylic acids is 1. The molecule has 0 spiro atoms. The molecule has 2 aromatic carbocycles. The maximum Gasteiger partial charge on any atom is 0.324 e. The van der Waals surface area contributed by atoms with E-state index in [2.05, 4.69) is 15.9 Å². The van der Waals surface area contributed by atoms with Gasteiger partial charge in [0.2, 0.25) is 0 Å². The first-order chi connectivity index (χ1) is 12.8. The summed E-state index contributed by atoms with van der Waals surface area (Å²) in [5, 5.41) is 10.2. The number of urea groups is 1. The lowest BCUT2D eigenvalue weighted by atomic mass is 10.0. The fourth-order valence-electron chi connectivity index (χ4n) is 3.17. The van der Waals surface area contributed by atoms with E-state index in [1.54, 1.807) is 28.0 Å². The average Bonchev–Trinajstić information content (AvgIpc) is 2.61. The monoisotopic (exact) mass is 470 g/mol. The Hall–Kier alpha value is -1.76. The number of rotatable bonds is 5. The van der Waals surface area contributed by atoms with Crippen molar-refractivity contribution in [1.82, 2.24) is 4.90 Å². The second-order valence-corrected chi connectivity index (χ2v) is 8.14. The van der Waals surface area contributed by atoms with Crippen molar-refractivity contribution < 1.29 is 14.7 Å². The van der Waals surface area contributed by atoms with Crippen LogP contribution in [0.5, 0.6) is 0 Å². The number of halogens is 3. The van der Waals surface area contributed by atoms with Gasteiger partial charge in [0.1, 0.15) is 0 Å². The molecule has 0 radical (unpaired) electrons. The molecular formula is C19H17BrCl2N2O3. The van der Waals surface area contributed by atoms with E-state index < -0.39 is 5.97 Å². The second kappa shape index (κ2) is 8.50. The molecule has 1 fully saturated rings. The minimum absolute atomic E-state index is 0.0208. The highest BCUT2D eigenvalue weighted by Crippen LogP contribution is 2.30. The third kappa shape index (κ3) is 4.75. The van der Waals surface area contributed by atoms with Crippen LogP contribution in [-0.4, -0.2) is 35.1 Å². The smallest absolute Gasteiger partial charge is 0.324 e. The molecule has 1 N–H and O–H groups in total. The molecule has 1 aliphatic rings. The first kappa shape index (κ1) is 20.0. The number of amides is 2. The Morgan fingerprint density at radius 3 is 2.33 bits per heavy atom. The van der Waals surface area contributed by atoms with E-state index in [1.165, 1.54) is 0 Å². The molecule has 8 heteroatoms. The summed E-state index contributed by atoms with van der Waals surface area (Å²) in [6, 6.07) is 12.3. The quantitative estimate of drug-likeness (QED) is 0.644. The highest BCUT2D eigenvalue weighted by molar-refractivity contribution is 9.10. The summed E-state index contributed by atoms with van der Waals surface area (Å²) < 4.78 is 0.900. The maximum atomic E-state index is 13.1. The normalized spacial score (nSPS) is 17.3. The van der Waals surface area contributed by atoms with Gasteiger partial charge >= 0.3 is 12.0 Å². The first-order valence-corrected chi connectivity index (χ1v) is 9.86. The van der Waals surface area contributed by atoms with E-state index in [9.17, 15) is 14.7 Å². The van der Waals surface area contributed by atoms with Crippen molar-refractivity contribution in [2.24, 2.45) is 5.92 Å².